The van der Waals surface area contributed by atoms with Crippen LogP contribution in [-0.2, 0) is 7.05 Å². The molecule has 0 unspecified atom stereocenters. The van der Waals surface area contributed by atoms with Crippen LogP contribution in [0.25, 0.3) is 44.5 Å². The van der Waals surface area contributed by atoms with Crippen LogP contribution in [0.15, 0.2) is 79.1 Å². The summed E-state index contributed by atoms with van der Waals surface area (Å²) in [7, 11) is 1.82. The normalized spacial score (nSPS) is 11.2. The number of hydrogen-bond acceptors (Lipinski definition) is 3. The van der Waals surface area contributed by atoms with Crippen LogP contribution < -0.4 is 0 Å². The van der Waals surface area contributed by atoms with Gasteiger partial charge in [-0.15, -0.1) is 0 Å². The average molecular weight is 439 g/mol. The zero-order valence-corrected chi connectivity index (χ0v) is 18.0. The Morgan fingerprint density at radius 3 is 1.91 bits per heavy atom. The Bertz CT molecular complexity index is 1490. The second-order valence-electron chi connectivity index (χ2n) is 7.84. The van der Waals surface area contributed by atoms with Gasteiger partial charge in [0.05, 0.1) is 22.4 Å². The monoisotopic (exact) mass is 439 g/mol. The maximum atomic E-state index is 13.8. The molecule has 0 bridgehead atoms. The van der Waals surface area contributed by atoms with Crippen molar-refractivity contribution >= 4 is 16.8 Å². The van der Waals surface area contributed by atoms with Gasteiger partial charge in [0.15, 0.2) is 5.78 Å². The Kier molecular flexibility index (Phi) is 5.05. The van der Waals surface area contributed by atoms with Gasteiger partial charge in [0, 0.05) is 43.1 Å². The van der Waals surface area contributed by atoms with E-state index >= 15 is 0 Å². The zero-order chi connectivity index (χ0) is 23.1. The van der Waals surface area contributed by atoms with Crippen molar-refractivity contribution in [2.45, 2.75) is 6.92 Å². The van der Waals surface area contributed by atoms with Crippen molar-refractivity contribution in [1.82, 2.24) is 14.5 Å². The summed E-state index contributed by atoms with van der Waals surface area (Å²) in [5, 5.41) is 0. The van der Waals surface area contributed by atoms with E-state index in [0.717, 1.165) is 33.3 Å². The molecule has 0 fully saturated rings. The van der Waals surface area contributed by atoms with Crippen molar-refractivity contribution in [3.63, 3.8) is 0 Å². The van der Waals surface area contributed by atoms with E-state index in [9.17, 15) is 13.6 Å². The molecule has 5 aromatic rings. The number of Topliss-reactive ketones (excluding diaryl/α,β-unsaturated/α-hetero) is 1. The van der Waals surface area contributed by atoms with E-state index in [4.69, 9.17) is 4.98 Å². The highest BCUT2D eigenvalue weighted by Crippen LogP contribution is 2.43. The number of aromatic nitrogens is 3. The van der Waals surface area contributed by atoms with Gasteiger partial charge < -0.3 is 4.57 Å². The van der Waals surface area contributed by atoms with Gasteiger partial charge in [-0.1, -0.05) is 12.1 Å². The molecule has 3 heterocycles. The van der Waals surface area contributed by atoms with Gasteiger partial charge in [-0.05, 0) is 65.7 Å². The number of hydrogen-bond donors (Lipinski definition) is 0. The fraction of sp³-hybridized carbons (Fsp3) is 0.0741. The minimum absolute atomic E-state index is 0.0886. The largest absolute Gasteiger partial charge is 0.339 e. The molecule has 0 aliphatic rings. The number of benzene rings is 2. The predicted molar refractivity (Wildman–Crippen MR) is 125 cm³/mol. The molecule has 0 saturated carbocycles. The maximum Gasteiger partial charge on any atom is 0.176 e. The van der Waals surface area contributed by atoms with Crippen LogP contribution in [0.5, 0.6) is 0 Å². The number of carbonyl (C=O) groups excluding carboxylic acids is 1. The van der Waals surface area contributed by atoms with E-state index < -0.39 is 0 Å². The lowest BCUT2D eigenvalue weighted by Gasteiger charge is -2.18. The third-order valence-electron chi connectivity index (χ3n) is 5.75. The first kappa shape index (κ1) is 20.7. The van der Waals surface area contributed by atoms with Crippen molar-refractivity contribution < 1.29 is 13.6 Å². The fourth-order valence-electron chi connectivity index (χ4n) is 4.23. The highest BCUT2D eigenvalue weighted by molar-refractivity contribution is 6.08. The zero-order valence-electron chi connectivity index (χ0n) is 18.0. The van der Waals surface area contributed by atoms with E-state index in [1.807, 2.05) is 23.7 Å². The molecule has 5 rings (SSSR count). The predicted octanol–water partition coefficient (Wildman–Crippen LogP) is 6.45. The molecule has 33 heavy (non-hydrogen) atoms. The van der Waals surface area contributed by atoms with Crippen LogP contribution in [-0.4, -0.2) is 20.3 Å². The van der Waals surface area contributed by atoms with E-state index in [1.165, 1.54) is 31.2 Å². The molecule has 0 aliphatic carbocycles. The summed E-state index contributed by atoms with van der Waals surface area (Å²) < 4.78 is 29.3. The Balaban J connectivity index is 1.99. The molecule has 0 amide bonds. The Hall–Kier alpha value is -4.19. The minimum atomic E-state index is -0.345. The van der Waals surface area contributed by atoms with Gasteiger partial charge in [0.1, 0.15) is 11.6 Å². The van der Waals surface area contributed by atoms with E-state index in [-0.39, 0.29) is 17.4 Å². The molecule has 0 atom stereocenters. The lowest BCUT2D eigenvalue weighted by molar-refractivity contribution is 0.101. The molecule has 0 N–H and O–H groups in total. The van der Waals surface area contributed by atoms with Crippen LogP contribution >= 0.6 is 0 Å². The van der Waals surface area contributed by atoms with Crippen molar-refractivity contribution in [3.05, 3.63) is 96.5 Å². The molecule has 0 saturated heterocycles. The van der Waals surface area contributed by atoms with E-state index in [2.05, 4.69) is 4.98 Å². The molecule has 3 aromatic heterocycles. The van der Waals surface area contributed by atoms with Crippen LogP contribution in [0.4, 0.5) is 8.78 Å². The Labute approximate surface area is 189 Å². The number of fused-ring (bicyclic) bond motifs is 1. The number of aryl methyl sites for hydroxylation is 1. The van der Waals surface area contributed by atoms with Crippen LogP contribution in [0.1, 0.15) is 17.4 Å². The lowest BCUT2D eigenvalue weighted by atomic mass is 9.90. The van der Waals surface area contributed by atoms with Crippen LogP contribution in [0.2, 0.25) is 0 Å². The number of halogens is 2. The first-order chi connectivity index (χ1) is 15.9. The fourth-order valence-corrected chi connectivity index (χ4v) is 4.23. The Morgan fingerprint density at radius 1 is 0.788 bits per heavy atom. The van der Waals surface area contributed by atoms with Crippen LogP contribution in [0, 0.1) is 11.6 Å². The van der Waals surface area contributed by atoms with Crippen molar-refractivity contribution in [3.8, 4) is 33.5 Å². The molecule has 162 valence electrons. The molecule has 0 aliphatic heterocycles. The second kappa shape index (κ2) is 8.06. The first-order valence-electron chi connectivity index (χ1n) is 10.4. The lowest BCUT2D eigenvalue weighted by Crippen LogP contribution is -2.03. The minimum Gasteiger partial charge on any atom is -0.339 e. The molecule has 6 heteroatoms. The number of carbonyl (C=O) groups is 1. The van der Waals surface area contributed by atoms with Crippen molar-refractivity contribution in [2.24, 2.45) is 7.05 Å². The van der Waals surface area contributed by atoms with Gasteiger partial charge >= 0.3 is 0 Å². The molecule has 2 aromatic carbocycles. The molecule has 0 spiro atoms. The highest BCUT2D eigenvalue weighted by atomic mass is 19.1. The quantitative estimate of drug-likeness (QED) is 0.302. The van der Waals surface area contributed by atoms with E-state index in [0.29, 0.717) is 16.9 Å². The number of nitrogens with zero attached hydrogens (tertiary/aromatic N) is 3. The summed E-state index contributed by atoms with van der Waals surface area (Å²) in [6.45, 7) is 1.51. The number of pyridine rings is 2. The third-order valence-corrected chi connectivity index (χ3v) is 5.75. The first-order valence-corrected chi connectivity index (χ1v) is 10.4. The number of ketones is 1. The van der Waals surface area contributed by atoms with Gasteiger partial charge in [-0.2, -0.15) is 0 Å². The molecular formula is C27H19F2N3O. The average Bonchev–Trinajstić information content (AvgIpc) is 3.16. The molecule has 0 radical (unpaired) electrons. The van der Waals surface area contributed by atoms with Gasteiger partial charge in [-0.25, -0.2) is 13.8 Å². The van der Waals surface area contributed by atoms with E-state index in [1.54, 1.807) is 42.7 Å². The summed E-state index contributed by atoms with van der Waals surface area (Å²) in [6.07, 6.45) is 3.38. The van der Waals surface area contributed by atoms with Crippen molar-refractivity contribution in [2.75, 3.05) is 0 Å². The summed E-state index contributed by atoms with van der Waals surface area (Å²) in [4.78, 5) is 21.4. The van der Waals surface area contributed by atoms with Gasteiger partial charge in [-0.3, -0.25) is 9.78 Å². The summed E-state index contributed by atoms with van der Waals surface area (Å²) in [5.74, 6) is -0.776. The van der Waals surface area contributed by atoms with Gasteiger partial charge in [0.25, 0.3) is 0 Å². The summed E-state index contributed by atoms with van der Waals surface area (Å²) >= 11 is 0. The smallest absolute Gasteiger partial charge is 0.176 e. The summed E-state index contributed by atoms with van der Waals surface area (Å²) in [6, 6.07) is 17.9. The third kappa shape index (κ3) is 3.59. The van der Waals surface area contributed by atoms with Crippen molar-refractivity contribution in [1.29, 1.82) is 0 Å². The Morgan fingerprint density at radius 2 is 1.33 bits per heavy atom. The standard InChI is InChI=1S/C27H19F2N3O/c1-16(33)23-15-22-27(32(23)2)25(17-3-7-20(28)8-4-17)24(18-11-13-30-14-12-18)26(31-22)19-5-9-21(29)10-6-19/h3-15H,1-2H3. The SMILES string of the molecule is CC(=O)c1cc2nc(-c3ccc(F)cc3)c(-c3ccncc3)c(-c3ccc(F)cc3)c2n1C. The highest BCUT2D eigenvalue weighted by Gasteiger charge is 2.23. The van der Waals surface area contributed by atoms with Gasteiger partial charge in [0.2, 0.25) is 0 Å². The maximum absolute atomic E-state index is 13.8. The van der Waals surface area contributed by atoms with Crippen LogP contribution in [0.3, 0.4) is 0 Å². The molecular weight excluding hydrogens is 420 g/mol. The molecule has 4 nitrogen and oxygen atoms in total. The topological polar surface area (TPSA) is 47.8 Å². The second-order valence-corrected chi connectivity index (χ2v) is 7.84. The summed E-state index contributed by atoms with van der Waals surface area (Å²) in [5.41, 5.74) is 6.47. The number of rotatable bonds is 4.